The number of aromatic nitrogens is 6. The first kappa shape index (κ1) is 23.1. The highest BCUT2D eigenvalue weighted by Crippen LogP contribution is 2.42. The van der Waals surface area contributed by atoms with Gasteiger partial charge in [-0.25, -0.2) is 4.39 Å². The molecule has 0 saturated carbocycles. The van der Waals surface area contributed by atoms with Crippen molar-refractivity contribution in [1.82, 2.24) is 35.9 Å². The number of rotatable bonds is 5. The number of tetrazole rings is 1. The number of ether oxygens (including phenoxy) is 2. The third kappa shape index (κ3) is 4.39. The van der Waals surface area contributed by atoms with Gasteiger partial charge in [0.1, 0.15) is 22.7 Å². The number of hydrogen-bond acceptors (Lipinski definition) is 8. The Hall–Kier alpha value is -4.62. The number of halogens is 4. The normalized spacial score (nSPS) is 17.1. The number of nitrogens with one attached hydrogen (secondary N) is 2. The summed E-state index contributed by atoms with van der Waals surface area (Å²) in [5.41, 5.74) is -0.498. The lowest BCUT2D eigenvalue weighted by Gasteiger charge is -2.39. The number of fused-ring (bicyclic) bond motifs is 1. The molecule has 0 fully saturated rings. The Morgan fingerprint density at radius 1 is 1.17 bits per heavy atom. The fourth-order valence-electron chi connectivity index (χ4n) is 3.91. The van der Waals surface area contributed by atoms with Crippen LogP contribution in [0.25, 0.3) is 11.4 Å². The maximum atomic E-state index is 14.7. The highest BCUT2D eigenvalue weighted by atomic mass is 19.4. The van der Waals surface area contributed by atoms with E-state index in [-0.39, 0.29) is 35.8 Å². The molecule has 3 aromatic heterocycles. The van der Waals surface area contributed by atoms with Gasteiger partial charge >= 0.3 is 6.36 Å². The maximum absolute atomic E-state index is 14.7. The van der Waals surface area contributed by atoms with Gasteiger partial charge in [0.25, 0.3) is 5.91 Å². The summed E-state index contributed by atoms with van der Waals surface area (Å²) < 4.78 is 62.0. The van der Waals surface area contributed by atoms with Crippen LogP contribution in [0.15, 0.2) is 54.9 Å². The zero-order chi connectivity index (χ0) is 25.3. The third-order valence-electron chi connectivity index (χ3n) is 5.49. The standard InChI is InChI=1S/C22H15F4N7O3/c23-14-10-13(4-6-16(14)36-22(24,25)26)21(7-9-35-17-2-1-8-27-18(17)21)29-20(34)15-5-3-12(11-28-15)19-30-32-33-31-19/h1-6,8,10-11H,7,9H2,(H,29,34)(H,30,31,32,33). The van der Waals surface area contributed by atoms with Gasteiger partial charge in [-0.05, 0) is 47.2 Å². The van der Waals surface area contributed by atoms with Crippen molar-refractivity contribution < 1.29 is 31.8 Å². The summed E-state index contributed by atoms with van der Waals surface area (Å²) >= 11 is 0. The molecule has 5 rings (SSSR count). The van der Waals surface area contributed by atoms with Gasteiger partial charge in [0, 0.05) is 24.4 Å². The number of hydrogen-bond donors (Lipinski definition) is 2. The van der Waals surface area contributed by atoms with Gasteiger partial charge in [-0.15, -0.1) is 23.4 Å². The highest BCUT2D eigenvalue weighted by Gasteiger charge is 2.43. The van der Waals surface area contributed by atoms with Crippen molar-refractivity contribution in [1.29, 1.82) is 0 Å². The summed E-state index contributed by atoms with van der Waals surface area (Å²) in [4.78, 5) is 21.8. The van der Waals surface area contributed by atoms with Gasteiger partial charge in [0.05, 0.1) is 6.61 Å². The molecule has 1 aromatic carbocycles. The SMILES string of the molecule is O=C(NC1(c2ccc(OC(F)(F)F)c(F)c2)CCOc2cccnc21)c1ccc(-c2nn[nH]n2)cn1. The van der Waals surface area contributed by atoms with Crippen molar-refractivity contribution >= 4 is 5.91 Å². The van der Waals surface area contributed by atoms with E-state index < -0.39 is 29.4 Å². The maximum Gasteiger partial charge on any atom is 0.573 e. The molecule has 36 heavy (non-hydrogen) atoms. The second-order valence-corrected chi connectivity index (χ2v) is 7.67. The van der Waals surface area contributed by atoms with Crippen LogP contribution in [0.5, 0.6) is 11.5 Å². The molecule has 1 aliphatic rings. The summed E-state index contributed by atoms with van der Waals surface area (Å²) in [6.45, 7) is 0.117. The smallest absolute Gasteiger partial charge is 0.491 e. The molecule has 1 unspecified atom stereocenters. The number of benzene rings is 1. The summed E-state index contributed by atoms with van der Waals surface area (Å²) in [5.74, 6) is -2.28. The molecule has 1 atom stereocenters. The molecule has 0 aliphatic carbocycles. The molecule has 1 amide bonds. The first-order valence-corrected chi connectivity index (χ1v) is 10.4. The monoisotopic (exact) mass is 501 g/mol. The number of nitrogens with zero attached hydrogens (tertiary/aromatic N) is 5. The molecule has 0 spiro atoms. The van der Waals surface area contributed by atoms with Crippen LogP contribution in [0.1, 0.15) is 28.2 Å². The molecule has 0 bridgehead atoms. The van der Waals surface area contributed by atoms with Crippen molar-refractivity contribution in [3.63, 3.8) is 0 Å². The Balaban J connectivity index is 1.53. The number of amides is 1. The largest absolute Gasteiger partial charge is 0.573 e. The van der Waals surface area contributed by atoms with Crippen LogP contribution in [-0.2, 0) is 5.54 Å². The molecule has 4 aromatic rings. The second-order valence-electron chi connectivity index (χ2n) is 7.67. The summed E-state index contributed by atoms with van der Waals surface area (Å²) in [6.07, 6.45) is -2.11. The Bertz CT molecular complexity index is 1400. The lowest BCUT2D eigenvalue weighted by molar-refractivity contribution is -0.275. The fraction of sp³-hybridized carbons (Fsp3) is 0.182. The predicted octanol–water partition coefficient (Wildman–Crippen LogP) is 3.15. The van der Waals surface area contributed by atoms with Gasteiger partial charge in [0.2, 0.25) is 5.82 Å². The Labute approximate surface area is 199 Å². The van der Waals surface area contributed by atoms with E-state index in [2.05, 4.69) is 40.6 Å². The van der Waals surface area contributed by atoms with E-state index in [0.29, 0.717) is 11.3 Å². The number of carbonyl (C=O) groups excluding carboxylic acids is 1. The molecule has 0 radical (unpaired) electrons. The zero-order valence-electron chi connectivity index (χ0n) is 18.1. The number of pyridine rings is 2. The number of H-pyrrole nitrogens is 1. The lowest BCUT2D eigenvalue weighted by Crippen LogP contribution is -2.50. The second kappa shape index (κ2) is 8.87. The van der Waals surface area contributed by atoms with Crippen molar-refractivity contribution in [2.24, 2.45) is 0 Å². The van der Waals surface area contributed by atoms with Crippen molar-refractivity contribution in [3.05, 3.63) is 77.6 Å². The molecule has 1 aliphatic heterocycles. The van der Waals surface area contributed by atoms with Gasteiger partial charge in [0.15, 0.2) is 11.6 Å². The minimum Gasteiger partial charge on any atom is -0.491 e. The summed E-state index contributed by atoms with van der Waals surface area (Å²) in [7, 11) is 0. The molecule has 0 saturated heterocycles. The fourth-order valence-corrected chi connectivity index (χ4v) is 3.91. The van der Waals surface area contributed by atoms with E-state index in [1.54, 1.807) is 18.2 Å². The van der Waals surface area contributed by atoms with Crippen LogP contribution in [0, 0.1) is 5.82 Å². The quantitative estimate of drug-likeness (QED) is 0.399. The van der Waals surface area contributed by atoms with Gasteiger partial charge < -0.3 is 14.8 Å². The average molecular weight is 501 g/mol. The Morgan fingerprint density at radius 3 is 2.72 bits per heavy atom. The first-order valence-electron chi connectivity index (χ1n) is 10.4. The van der Waals surface area contributed by atoms with Crippen LogP contribution in [-0.4, -0.2) is 49.5 Å². The minimum absolute atomic E-state index is 0.0167. The third-order valence-corrected chi connectivity index (χ3v) is 5.49. The number of alkyl halides is 3. The lowest BCUT2D eigenvalue weighted by atomic mass is 9.81. The van der Waals surface area contributed by atoms with E-state index in [0.717, 1.165) is 12.1 Å². The van der Waals surface area contributed by atoms with E-state index in [1.807, 2.05) is 0 Å². The Morgan fingerprint density at radius 2 is 2.03 bits per heavy atom. The number of carbonyl (C=O) groups is 1. The molecular formula is C22H15F4N7O3. The van der Waals surface area contributed by atoms with E-state index in [4.69, 9.17) is 4.74 Å². The zero-order valence-corrected chi connectivity index (χ0v) is 18.1. The van der Waals surface area contributed by atoms with Crippen molar-refractivity contribution in [2.75, 3.05) is 6.61 Å². The van der Waals surface area contributed by atoms with Crippen molar-refractivity contribution in [3.8, 4) is 22.9 Å². The van der Waals surface area contributed by atoms with Crippen LogP contribution < -0.4 is 14.8 Å². The van der Waals surface area contributed by atoms with Crippen molar-refractivity contribution in [2.45, 2.75) is 18.3 Å². The van der Waals surface area contributed by atoms with Crippen LogP contribution in [0.2, 0.25) is 0 Å². The molecule has 14 heteroatoms. The minimum atomic E-state index is -5.07. The van der Waals surface area contributed by atoms with E-state index >= 15 is 0 Å². The number of aromatic amines is 1. The highest BCUT2D eigenvalue weighted by molar-refractivity contribution is 5.93. The van der Waals surface area contributed by atoms with Gasteiger partial charge in [-0.2, -0.15) is 5.21 Å². The molecule has 184 valence electrons. The van der Waals surface area contributed by atoms with Crippen LogP contribution in [0.4, 0.5) is 17.6 Å². The van der Waals surface area contributed by atoms with Crippen LogP contribution in [0.3, 0.4) is 0 Å². The average Bonchev–Trinajstić information content (AvgIpc) is 3.40. The molecule has 4 heterocycles. The molecular weight excluding hydrogens is 486 g/mol. The van der Waals surface area contributed by atoms with Gasteiger partial charge in [-0.3, -0.25) is 14.8 Å². The molecule has 10 nitrogen and oxygen atoms in total. The van der Waals surface area contributed by atoms with E-state index in [9.17, 15) is 22.4 Å². The predicted molar refractivity (Wildman–Crippen MR) is 113 cm³/mol. The molecule has 2 N–H and O–H groups in total. The topological polar surface area (TPSA) is 128 Å². The first-order chi connectivity index (χ1) is 17.2. The Kier molecular flexibility index (Phi) is 5.70. The summed E-state index contributed by atoms with van der Waals surface area (Å²) in [6, 6.07) is 9.21. The summed E-state index contributed by atoms with van der Waals surface area (Å²) in [5, 5.41) is 16.3. The van der Waals surface area contributed by atoms with Gasteiger partial charge in [-0.1, -0.05) is 6.07 Å². The van der Waals surface area contributed by atoms with E-state index in [1.165, 1.54) is 24.5 Å². The van der Waals surface area contributed by atoms with Crippen LogP contribution >= 0.6 is 0 Å².